The number of piperidine rings is 1. The summed E-state index contributed by atoms with van der Waals surface area (Å²) in [6.07, 6.45) is 0.897. The highest BCUT2D eigenvalue weighted by Crippen LogP contribution is 2.37. The third-order valence-corrected chi connectivity index (χ3v) is 4.20. The molecule has 3 rings (SSSR count). The molecule has 118 valence electrons. The quantitative estimate of drug-likeness (QED) is 0.912. The average molecular weight is 310 g/mol. The number of likely N-dealkylation sites (tertiary alicyclic amines) is 1. The number of nitrogens with zero attached hydrogens (tertiary/aromatic N) is 2. The van der Waals surface area contributed by atoms with Crippen molar-refractivity contribution < 1.29 is 23.4 Å². The van der Waals surface area contributed by atoms with Gasteiger partial charge in [-0.15, -0.1) is 0 Å². The number of carboxylic acid groups (broad SMARTS) is 1. The minimum atomic E-state index is -2.53. The Balaban J connectivity index is 1.73. The number of amides is 1. The summed E-state index contributed by atoms with van der Waals surface area (Å²) >= 11 is 0. The lowest BCUT2D eigenvalue weighted by Crippen LogP contribution is -2.45. The molecule has 0 aliphatic carbocycles. The Morgan fingerprint density at radius 3 is 2.64 bits per heavy atom. The summed E-state index contributed by atoms with van der Waals surface area (Å²) in [5.41, 5.74) is 0.934. The Kier molecular flexibility index (Phi) is 3.82. The molecule has 3 heterocycles. The van der Waals surface area contributed by atoms with E-state index in [0.29, 0.717) is 38.2 Å². The number of carbonyl (C=O) groups is 1. The second-order valence-corrected chi connectivity index (χ2v) is 5.57. The lowest BCUT2D eigenvalue weighted by molar-refractivity contribution is -0.0186. The first-order valence-electron chi connectivity index (χ1n) is 7.07. The molecule has 7 heteroatoms. The van der Waals surface area contributed by atoms with Gasteiger partial charge in [0, 0.05) is 30.4 Å². The van der Waals surface area contributed by atoms with E-state index in [-0.39, 0.29) is 5.56 Å². The van der Waals surface area contributed by atoms with E-state index in [1.54, 1.807) is 6.07 Å². The Morgan fingerprint density at radius 1 is 1.36 bits per heavy atom. The van der Waals surface area contributed by atoms with Crippen molar-refractivity contribution >= 4 is 11.7 Å². The number of alkyl halides is 2. The molecule has 1 fully saturated rings. The van der Waals surface area contributed by atoms with Crippen molar-refractivity contribution in [3.8, 4) is 0 Å². The first kappa shape index (κ1) is 14.9. The van der Waals surface area contributed by atoms with Crippen LogP contribution in [0.15, 0.2) is 24.4 Å². The van der Waals surface area contributed by atoms with E-state index < -0.39 is 18.1 Å². The lowest BCUT2D eigenvalue weighted by Gasteiger charge is -2.36. The van der Waals surface area contributed by atoms with Gasteiger partial charge in [0.05, 0.1) is 17.9 Å². The highest BCUT2D eigenvalue weighted by atomic mass is 19.3. The number of hydrogen-bond donors (Lipinski definition) is 1. The number of rotatable bonds is 2. The topological polar surface area (TPSA) is 62.7 Å². The van der Waals surface area contributed by atoms with Crippen molar-refractivity contribution in [2.45, 2.75) is 24.9 Å². The van der Waals surface area contributed by atoms with Crippen molar-refractivity contribution in [1.82, 2.24) is 9.88 Å². The van der Waals surface area contributed by atoms with E-state index in [1.165, 1.54) is 17.2 Å². The van der Waals surface area contributed by atoms with Crippen LogP contribution >= 0.6 is 0 Å². The van der Waals surface area contributed by atoms with Gasteiger partial charge in [0.2, 0.25) is 0 Å². The van der Waals surface area contributed by atoms with Gasteiger partial charge in [-0.25, -0.2) is 13.6 Å². The van der Waals surface area contributed by atoms with E-state index in [0.717, 1.165) is 5.57 Å². The summed E-state index contributed by atoms with van der Waals surface area (Å²) < 4.78 is 30.9. The van der Waals surface area contributed by atoms with E-state index in [4.69, 9.17) is 9.84 Å². The maximum atomic E-state index is 12.5. The highest BCUT2D eigenvalue weighted by Gasteiger charge is 2.39. The monoisotopic (exact) mass is 310 g/mol. The maximum absolute atomic E-state index is 12.5. The van der Waals surface area contributed by atoms with Gasteiger partial charge in [0.1, 0.15) is 0 Å². The van der Waals surface area contributed by atoms with E-state index in [1.807, 2.05) is 6.08 Å². The zero-order valence-electron chi connectivity index (χ0n) is 11.8. The summed E-state index contributed by atoms with van der Waals surface area (Å²) in [7, 11) is 0. The molecule has 0 aromatic carbocycles. The summed E-state index contributed by atoms with van der Waals surface area (Å²) in [6.45, 7) is 1.22. The zero-order chi connectivity index (χ0) is 15.7. The fourth-order valence-corrected chi connectivity index (χ4v) is 2.86. The smallest absolute Gasteiger partial charge is 0.407 e. The molecule has 1 N–H and O–H groups in total. The highest BCUT2D eigenvalue weighted by molar-refractivity contribution is 5.68. The van der Waals surface area contributed by atoms with Crippen LogP contribution in [0.3, 0.4) is 0 Å². The molecule has 1 saturated heterocycles. The summed E-state index contributed by atoms with van der Waals surface area (Å²) in [5.74, 6) is 0. The van der Waals surface area contributed by atoms with Crippen molar-refractivity contribution in [3.63, 3.8) is 0 Å². The standard InChI is InChI=1S/C15H16F2N2O3/c16-13(17)10-1-2-12(18-8-10)11-7-15(22-9-11)3-5-19(6-4-15)14(20)21/h1-2,7-8,13H,3-6,9H2,(H,20,21). The molecule has 2 aliphatic heterocycles. The molecule has 0 atom stereocenters. The van der Waals surface area contributed by atoms with Crippen molar-refractivity contribution in [3.05, 3.63) is 35.7 Å². The van der Waals surface area contributed by atoms with E-state index in [2.05, 4.69) is 4.98 Å². The van der Waals surface area contributed by atoms with Gasteiger partial charge in [-0.1, -0.05) is 0 Å². The minimum absolute atomic E-state index is 0.104. The Labute approximate surface area is 126 Å². The van der Waals surface area contributed by atoms with Crippen molar-refractivity contribution in [1.29, 1.82) is 0 Å². The second-order valence-electron chi connectivity index (χ2n) is 5.57. The zero-order valence-corrected chi connectivity index (χ0v) is 11.8. The van der Waals surface area contributed by atoms with Gasteiger partial charge < -0.3 is 14.7 Å². The van der Waals surface area contributed by atoms with Crippen molar-refractivity contribution in [2.24, 2.45) is 0 Å². The van der Waals surface area contributed by atoms with Crippen LogP contribution in [-0.4, -0.2) is 46.4 Å². The van der Waals surface area contributed by atoms with Crippen LogP contribution in [0.1, 0.15) is 30.5 Å². The third kappa shape index (κ3) is 2.81. The fraction of sp³-hybridized carbons (Fsp3) is 0.467. The third-order valence-electron chi connectivity index (χ3n) is 4.20. The Morgan fingerprint density at radius 2 is 2.09 bits per heavy atom. The van der Waals surface area contributed by atoms with E-state index in [9.17, 15) is 13.6 Å². The first-order valence-corrected chi connectivity index (χ1v) is 7.07. The Bertz CT molecular complexity index is 593. The second kappa shape index (κ2) is 5.64. The molecular formula is C15H16F2N2O3. The molecule has 1 spiro atoms. The first-order chi connectivity index (χ1) is 10.5. The summed E-state index contributed by atoms with van der Waals surface area (Å²) in [6, 6.07) is 2.94. The number of halogens is 2. The Hall–Kier alpha value is -2.02. The van der Waals surface area contributed by atoms with Crippen LogP contribution in [0.4, 0.5) is 13.6 Å². The van der Waals surface area contributed by atoms with Gasteiger partial charge in [0.15, 0.2) is 0 Å². The van der Waals surface area contributed by atoms with E-state index >= 15 is 0 Å². The lowest BCUT2D eigenvalue weighted by atomic mass is 9.90. The molecule has 2 aliphatic rings. The van der Waals surface area contributed by atoms with Gasteiger partial charge in [-0.05, 0) is 31.1 Å². The number of ether oxygens (including phenoxy) is 1. The van der Waals surface area contributed by atoms with Crippen LogP contribution in [0.2, 0.25) is 0 Å². The van der Waals surface area contributed by atoms with Crippen LogP contribution in [0, 0.1) is 0 Å². The largest absolute Gasteiger partial charge is 0.465 e. The average Bonchev–Trinajstić information content (AvgIpc) is 2.91. The fourth-order valence-electron chi connectivity index (χ4n) is 2.86. The van der Waals surface area contributed by atoms with Gasteiger partial charge in [-0.2, -0.15) is 0 Å². The normalized spacial score (nSPS) is 20.5. The molecule has 0 unspecified atom stereocenters. The van der Waals surface area contributed by atoms with Crippen LogP contribution in [-0.2, 0) is 4.74 Å². The number of pyridine rings is 1. The number of aromatic nitrogens is 1. The minimum Gasteiger partial charge on any atom is -0.465 e. The molecule has 1 aromatic heterocycles. The van der Waals surface area contributed by atoms with Gasteiger partial charge in [0.25, 0.3) is 6.43 Å². The van der Waals surface area contributed by atoms with Crippen LogP contribution < -0.4 is 0 Å². The molecule has 0 bridgehead atoms. The molecule has 0 radical (unpaired) electrons. The van der Waals surface area contributed by atoms with Crippen molar-refractivity contribution in [2.75, 3.05) is 19.7 Å². The molecule has 22 heavy (non-hydrogen) atoms. The number of hydrogen-bond acceptors (Lipinski definition) is 3. The maximum Gasteiger partial charge on any atom is 0.407 e. The van der Waals surface area contributed by atoms with Gasteiger partial charge in [-0.3, -0.25) is 4.98 Å². The van der Waals surface area contributed by atoms with Crippen LogP contribution in [0.5, 0.6) is 0 Å². The summed E-state index contributed by atoms with van der Waals surface area (Å²) in [5, 5.41) is 8.97. The molecule has 5 nitrogen and oxygen atoms in total. The molecular weight excluding hydrogens is 294 g/mol. The summed E-state index contributed by atoms with van der Waals surface area (Å²) in [4.78, 5) is 16.4. The SMILES string of the molecule is O=C(O)N1CCC2(C=C(c3ccc(C(F)F)cn3)CO2)CC1. The van der Waals surface area contributed by atoms with Gasteiger partial charge >= 0.3 is 6.09 Å². The predicted octanol–water partition coefficient (Wildman–Crippen LogP) is 2.95. The molecule has 1 aromatic rings. The molecule has 0 saturated carbocycles. The molecule has 1 amide bonds. The van der Waals surface area contributed by atoms with Crippen LogP contribution in [0.25, 0.3) is 5.57 Å². The predicted molar refractivity (Wildman–Crippen MR) is 74.7 cm³/mol.